The van der Waals surface area contributed by atoms with Gasteiger partial charge in [-0.25, -0.2) is 5.10 Å². The molecule has 0 aromatic carbocycles. The number of hydrogen-bond acceptors (Lipinski definition) is 3. The van der Waals surface area contributed by atoms with Crippen LogP contribution in [0.4, 0.5) is 5.95 Å². The van der Waals surface area contributed by atoms with Crippen molar-refractivity contribution in [2.75, 3.05) is 5.32 Å². The van der Waals surface area contributed by atoms with Gasteiger partial charge in [-0.1, -0.05) is 6.58 Å². The maximum atomic E-state index is 10.9. The molecule has 0 atom stereocenters. The molecule has 0 aliphatic carbocycles. The van der Waals surface area contributed by atoms with E-state index < -0.39 is 0 Å². The number of hydrogen-bond donors (Lipinski definition) is 2. The molecule has 58 valence electrons. The van der Waals surface area contributed by atoms with Gasteiger partial charge in [0.05, 0.1) is 0 Å². The molecule has 11 heavy (non-hydrogen) atoms. The number of amides is 1. The molecule has 1 amide bonds. The van der Waals surface area contributed by atoms with Crippen LogP contribution in [-0.2, 0) is 4.79 Å². The van der Waals surface area contributed by atoms with E-state index in [1.165, 1.54) is 6.33 Å². The van der Waals surface area contributed by atoms with Crippen molar-refractivity contribution in [2.24, 2.45) is 0 Å². The highest BCUT2D eigenvalue weighted by Gasteiger charge is 2.02. The van der Waals surface area contributed by atoms with Gasteiger partial charge in [0, 0.05) is 5.57 Å². The van der Waals surface area contributed by atoms with E-state index in [0.29, 0.717) is 11.5 Å². The maximum Gasteiger partial charge on any atom is 0.253 e. The lowest BCUT2D eigenvalue weighted by atomic mass is 10.3. The number of aromatic nitrogens is 3. The summed E-state index contributed by atoms with van der Waals surface area (Å²) in [6.45, 7) is 5.08. The quantitative estimate of drug-likeness (QED) is 0.599. The number of carbonyl (C=O) groups excluding carboxylic acids is 1. The van der Waals surface area contributed by atoms with Crippen molar-refractivity contribution in [1.82, 2.24) is 15.2 Å². The molecule has 1 aromatic heterocycles. The number of nitrogens with zero attached hydrogens (tertiary/aromatic N) is 2. The van der Waals surface area contributed by atoms with E-state index in [1.807, 2.05) is 0 Å². The number of anilines is 1. The molecule has 0 spiro atoms. The molecule has 0 aliphatic rings. The van der Waals surface area contributed by atoms with Crippen LogP contribution in [0.5, 0.6) is 0 Å². The number of aromatic amines is 1. The van der Waals surface area contributed by atoms with Gasteiger partial charge in [-0.2, -0.15) is 10.1 Å². The van der Waals surface area contributed by atoms with Crippen molar-refractivity contribution in [1.29, 1.82) is 0 Å². The molecule has 0 saturated heterocycles. The molecule has 2 N–H and O–H groups in total. The van der Waals surface area contributed by atoms with Gasteiger partial charge >= 0.3 is 0 Å². The van der Waals surface area contributed by atoms with Crippen molar-refractivity contribution >= 4 is 11.9 Å². The number of rotatable bonds is 2. The lowest BCUT2D eigenvalue weighted by Crippen LogP contribution is -2.12. The van der Waals surface area contributed by atoms with Crippen molar-refractivity contribution in [3.8, 4) is 0 Å². The van der Waals surface area contributed by atoms with Gasteiger partial charge in [-0.3, -0.25) is 10.1 Å². The van der Waals surface area contributed by atoms with Crippen LogP contribution >= 0.6 is 0 Å². The number of carbonyl (C=O) groups is 1. The molecule has 0 fully saturated rings. The highest BCUT2D eigenvalue weighted by molar-refractivity contribution is 6.01. The Morgan fingerprint density at radius 3 is 3.00 bits per heavy atom. The van der Waals surface area contributed by atoms with Crippen molar-refractivity contribution in [3.63, 3.8) is 0 Å². The minimum atomic E-state index is -0.262. The van der Waals surface area contributed by atoms with Crippen LogP contribution < -0.4 is 5.32 Å². The van der Waals surface area contributed by atoms with Crippen LogP contribution in [0.2, 0.25) is 0 Å². The predicted molar refractivity (Wildman–Crippen MR) is 39.8 cm³/mol. The highest BCUT2D eigenvalue weighted by Crippen LogP contribution is 1.95. The van der Waals surface area contributed by atoms with Gasteiger partial charge in [0.25, 0.3) is 5.91 Å². The van der Waals surface area contributed by atoms with Gasteiger partial charge < -0.3 is 0 Å². The van der Waals surface area contributed by atoms with Gasteiger partial charge in [-0.15, -0.1) is 0 Å². The Morgan fingerprint density at radius 1 is 1.82 bits per heavy atom. The second-order valence-corrected chi connectivity index (χ2v) is 2.07. The fourth-order valence-electron chi connectivity index (χ4n) is 0.480. The Bertz CT molecular complexity index is 264. The summed E-state index contributed by atoms with van der Waals surface area (Å²) in [6, 6.07) is 0. The van der Waals surface area contributed by atoms with Crippen LogP contribution in [0, 0.1) is 0 Å². The monoisotopic (exact) mass is 152 g/mol. The summed E-state index contributed by atoms with van der Waals surface area (Å²) < 4.78 is 0. The normalized spacial score (nSPS) is 9.18. The standard InChI is InChI=1S/C6H8N4O/c1-4(2)5(11)9-6-7-3-8-10-6/h3H,1H2,2H3,(H2,7,8,9,10,11). The minimum absolute atomic E-state index is 0.262. The zero-order valence-electron chi connectivity index (χ0n) is 6.09. The molecule has 0 radical (unpaired) electrons. The van der Waals surface area contributed by atoms with Gasteiger partial charge in [0.15, 0.2) is 0 Å². The Labute approximate surface area is 63.5 Å². The zero-order valence-corrected chi connectivity index (χ0v) is 6.09. The third kappa shape index (κ3) is 1.89. The second-order valence-electron chi connectivity index (χ2n) is 2.07. The van der Waals surface area contributed by atoms with E-state index >= 15 is 0 Å². The summed E-state index contributed by atoms with van der Waals surface area (Å²) in [6.07, 6.45) is 1.31. The second kappa shape index (κ2) is 2.96. The lowest BCUT2D eigenvalue weighted by molar-refractivity contribution is -0.112. The maximum absolute atomic E-state index is 10.9. The molecular weight excluding hydrogens is 144 g/mol. The summed E-state index contributed by atoms with van der Waals surface area (Å²) >= 11 is 0. The molecule has 5 heteroatoms. The number of H-pyrrole nitrogens is 1. The van der Waals surface area contributed by atoms with E-state index in [-0.39, 0.29) is 5.91 Å². The first-order valence-electron chi connectivity index (χ1n) is 3.02. The molecule has 0 unspecified atom stereocenters. The smallest absolute Gasteiger partial charge is 0.253 e. The minimum Gasteiger partial charge on any atom is -0.291 e. The van der Waals surface area contributed by atoms with Crippen molar-refractivity contribution < 1.29 is 4.79 Å². The third-order valence-corrected chi connectivity index (χ3v) is 1.03. The Morgan fingerprint density at radius 2 is 2.55 bits per heavy atom. The topological polar surface area (TPSA) is 70.7 Å². The summed E-state index contributed by atoms with van der Waals surface area (Å²) in [5.41, 5.74) is 0.432. The molecule has 1 heterocycles. The molecule has 1 rings (SSSR count). The third-order valence-electron chi connectivity index (χ3n) is 1.03. The first kappa shape index (κ1) is 7.46. The molecule has 0 saturated carbocycles. The fourth-order valence-corrected chi connectivity index (χ4v) is 0.480. The van der Waals surface area contributed by atoms with E-state index in [4.69, 9.17) is 0 Å². The Balaban J connectivity index is 2.57. The van der Waals surface area contributed by atoms with Crippen LogP contribution in [0.3, 0.4) is 0 Å². The van der Waals surface area contributed by atoms with E-state index in [9.17, 15) is 4.79 Å². The molecular formula is C6H8N4O. The summed E-state index contributed by atoms with van der Waals surface area (Å²) in [4.78, 5) is 14.6. The number of nitrogens with one attached hydrogen (secondary N) is 2. The van der Waals surface area contributed by atoms with Gasteiger partial charge in [0.1, 0.15) is 6.33 Å². The van der Waals surface area contributed by atoms with Crippen molar-refractivity contribution in [2.45, 2.75) is 6.92 Å². The largest absolute Gasteiger partial charge is 0.291 e. The van der Waals surface area contributed by atoms with E-state index in [2.05, 4.69) is 27.1 Å². The van der Waals surface area contributed by atoms with Crippen LogP contribution in [0.25, 0.3) is 0 Å². The first-order chi connectivity index (χ1) is 5.20. The van der Waals surface area contributed by atoms with E-state index in [1.54, 1.807) is 6.92 Å². The Kier molecular flexibility index (Phi) is 2.00. The van der Waals surface area contributed by atoms with Crippen LogP contribution in [0.1, 0.15) is 6.92 Å². The molecule has 1 aromatic rings. The zero-order chi connectivity index (χ0) is 8.27. The lowest BCUT2D eigenvalue weighted by Gasteiger charge is -1.97. The Hall–Kier alpha value is -1.65. The molecule has 0 aliphatic heterocycles. The molecule has 0 bridgehead atoms. The summed E-state index contributed by atoms with van der Waals surface area (Å²) in [5.74, 6) is 0.0692. The van der Waals surface area contributed by atoms with Gasteiger partial charge in [-0.05, 0) is 6.92 Å². The predicted octanol–water partition coefficient (Wildman–Crippen LogP) is 0.319. The SMILES string of the molecule is C=C(C)C(=O)Nc1ncn[nH]1. The highest BCUT2D eigenvalue weighted by atomic mass is 16.1. The molecule has 5 nitrogen and oxygen atoms in total. The van der Waals surface area contributed by atoms with Crippen LogP contribution in [0.15, 0.2) is 18.5 Å². The first-order valence-corrected chi connectivity index (χ1v) is 3.02. The van der Waals surface area contributed by atoms with Gasteiger partial charge in [0.2, 0.25) is 5.95 Å². The van der Waals surface area contributed by atoms with E-state index in [0.717, 1.165) is 0 Å². The van der Waals surface area contributed by atoms with Crippen molar-refractivity contribution in [3.05, 3.63) is 18.5 Å². The fraction of sp³-hybridized carbons (Fsp3) is 0.167. The average molecular weight is 152 g/mol. The summed E-state index contributed by atoms with van der Waals surface area (Å²) in [7, 11) is 0. The van der Waals surface area contributed by atoms with Crippen LogP contribution in [-0.4, -0.2) is 21.1 Å². The summed E-state index contributed by atoms with van der Waals surface area (Å²) in [5, 5.41) is 8.50. The average Bonchev–Trinajstić information content (AvgIpc) is 2.39.